The number of aliphatic hydroxyl groups excluding tert-OH is 9. The SMILES string of the molecule is C=C/C(C)=C\C=C1/CCc2cc(-c3ccc4c(c3)C(C(O)=C(O)/C(O)=C(/O)C(=C)O)(C(O)=C(O)/C(O)=C(/O)C(C)=O)C3=CC=CCC34C)ccc21. The van der Waals surface area contributed by atoms with Crippen LogP contribution in [-0.2, 0) is 22.0 Å². The predicted molar refractivity (Wildman–Crippen MR) is 195 cm³/mol. The highest BCUT2D eigenvalue weighted by molar-refractivity contribution is 5.91. The minimum absolute atomic E-state index is 0.0851. The summed E-state index contributed by atoms with van der Waals surface area (Å²) in [7, 11) is 0. The van der Waals surface area contributed by atoms with E-state index in [1.807, 2.05) is 43.3 Å². The number of rotatable bonds is 9. The molecule has 2 atom stereocenters. The zero-order valence-electron chi connectivity index (χ0n) is 28.4. The average molecular weight is 693 g/mol. The van der Waals surface area contributed by atoms with Gasteiger partial charge in [-0.3, -0.25) is 4.79 Å². The molecule has 0 aliphatic heterocycles. The van der Waals surface area contributed by atoms with Crippen molar-refractivity contribution in [2.24, 2.45) is 0 Å². The van der Waals surface area contributed by atoms with Gasteiger partial charge >= 0.3 is 0 Å². The summed E-state index contributed by atoms with van der Waals surface area (Å²) in [6.07, 6.45) is 12.7. The summed E-state index contributed by atoms with van der Waals surface area (Å²) in [5.41, 5.74) is 2.90. The van der Waals surface area contributed by atoms with Crippen LogP contribution in [0.1, 0.15) is 55.9 Å². The maximum Gasteiger partial charge on any atom is 0.207 e. The van der Waals surface area contributed by atoms with Crippen molar-refractivity contribution in [2.45, 2.75) is 50.9 Å². The quantitative estimate of drug-likeness (QED) is 0.0693. The fourth-order valence-corrected chi connectivity index (χ4v) is 7.12. The highest BCUT2D eigenvalue weighted by atomic mass is 16.4. The fourth-order valence-electron chi connectivity index (χ4n) is 7.12. The molecule has 2 unspecified atom stereocenters. The lowest BCUT2D eigenvalue weighted by Gasteiger charge is -2.37. The topological polar surface area (TPSA) is 199 Å². The van der Waals surface area contributed by atoms with Gasteiger partial charge in [0.05, 0.1) is 0 Å². The Labute approximate surface area is 294 Å². The van der Waals surface area contributed by atoms with Gasteiger partial charge in [0.25, 0.3) is 0 Å². The third kappa shape index (κ3) is 5.68. The molecule has 3 aliphatic carbocycles. The van der Waals surface area contributed by atoms with Crippen LogP contribution in [0.3, 0.4) is 0 Å². The van der Waals surface area contributed by atoms with Crippen LogP contribution in [0.2, 0.25) is 0 Å². The maximum absolute atomic E-state index is 12.0. The van der Waals surface area contributed by atoms with Crippen LogP contribution in [0.4, 0.5) is 0 Å². The monoisotopic (exact) mass is 692 g/mol. The highest BCUT2D eigenvalue weighted by Gasteiger charge is 2.61. The number of aryl methyl sites for hydroxylation is 1. The van der Waals surface area contributed by atoms with Gasteiger partial charge in [0.15, 0.2) is 23.1 Å². The Morgan fingerprint density at radius 2 is 1.37 bits per heavy atom. The van der Waals surface area contributed by atoms with Crippen molar-refractivity contribution in [3.8, 4) is 11.1 Å². The highest BCUT2D eigenvalue weighted by Crippen LogP contribution is 2.63. The summed E-state index contributed by atoms with van der Waals surface area (Å²) in [6, 6.07) is 11.2. The Kier molecular flexibility index (Phi) is 9.32. The third-order valence-electron chi connectivity index (χ3n) is 9.92. The van der Waals surface area contributed by atoms with Gasteiger partial charge in [-0.05, 0) is 76.8 Å². The molecular weight excluding hydrogens is 652 g/mol. The van der Waals surface area contributed by atoms with Crippen molar-refractivity contribution in [2.75, 3.05) is 0 Å². The van der Waals surface area contributed by atoms with Crippen LogP contribution in [0.15, 0.2) is 149 Å². The molecule has 0 aromatic heterocycles. The van der Waals surface area contributed by atoms with Gasteiger partial charge < -0.3 is 46.0 Å². The summed E-state index contributed by atoms with van der Waals surface area (Å²) in [6.45, 7) is 11.6. The first-order valence-corrected chi connectivity index (χ1v) is 16.1. The van der Waals surface area contributed by atoms with E-state index in [9.17, 15) is 50.8 Å². The molecule has 0 bridgehead atoms. The number of allylic oxidation sites excluding steroid dienone is 9. The molecule has 0 saturated carbocycles. The summed E-state index contributed by atoms with van der Waals surface area (Å²) in [5.74, 6) is -12.9. The lowest BCUT2D eigenvalue weighted by molar-refractivity contribution is -0.116. The number of carbonyl (C=O) groups is 1. The molecule has 51 heavy (non-hydrogen) atoms. The number of hydrogen-bond acceptors (Lipinski definition) is 10. The summed E-state index contributed by atoms with van der Waals surface area (Å²) < 4.78 is 0. The number of fused-ring (bicyclic) bond motifs is 4. The zero-order valence-corrected chi connectivity index (χ0v) is 28.4. The minimum atomic E-state index is -2.52. The standard InChI is InChI=1S/C41H40O10/c1-6-21(2)10-11-24-12-13-27-19-25(14-16-28(24)27)26-15-17-29-30(20-26)41(31-9-7-8-18-40(29,31)5,38(50)36(48)34(46)32(44)22(3)42)39(51)37(49)35(47)33(45)23(4)43/h6-11,14-17,19-20,42,44-51H,1,3,12-13,18H2,2,4-5H3/b21-10-,24-11+,34-32-,35-33-,38-36?,39-37?. The van der Waals surface area contributed by atoms with Gasteiger partial charge in [0, 0.05) is 12.3 Å². The van der Waals surface area contributed by atoms with Crippen molar-refractivity contribution < 1.29 is 50.8 Å². The molecule has 0 radical (unpaired) electrons. The number of ketones is 1. The third-order valence-corrected chi connectivity index (χ3v) is 9.92. The van der Waals surface area contributed by atoms with E-state index in [2.05, 4.69) is 19.2 Å². The zero-order chi connectivity index (χ0) is 37.6. The molecule has 10 heteroatoms. The van der Waals surface area contributed by atoms with E-state index < -0.39 is 68.4 Å². The molecule has 0 heterocycles. The molecule has 264 valence electrons. The van der Waals surface area contributed by atoms with Crippen LogP contribution >= 0.6 is 0 Å². The lowest BCUT2D eigenvalue weighted by Crippen LogP contribution is -2.37. The minimum Gasteiger partial charge on any atom is -0.507 e. The van der Waals surface area contributed by atoms with Crippen molar-refractivity contribution in [3.63, 3.8) is 0 Å². The van der Waals surface area contributed by atoms with E-state index in [0.29, 0.717) is 17.5 Å². The Hall–Kier alpha value is -6.29. The normalized spacial score (nSPS) is 23.5. The molecule has 0 spiro atoms. The van der Waals surface area contributed by atoms with Crippen LogP contribution < -0.4 is 0 Å². The summed E-state index contributed by atoms with van der Waals surface area (Å²) in [5, 5.41) is 98.3. The van der Waals surface area contributed by atoms with Gasteiger partial charge in [0.2, 0.25) is 34.6 Å². The number of Topliss-reactive ketones (excluding diaryl/α,β-unsaturated/α-hetero) is 1. The fraction of sp³-hybridized carbons (Fsp3) is 0.195. The van der Waals surface area contributed by atoms with Crippen LogP contribution in [0.25, 0.3) is 16.7 Å². The second-order valence-electron chi connectivity index (χ2n) is 13.0. The van der Waals surface area contributed by atoms with Crippen molar-refractivity contribution in [1.82, 2.24) is 0 Å². The lowest BCUT2D eigenvalue weighted by atomic mass is 9.66. The molecular formula is C41H40O10. The summed E-state index contributed by atoms with van der Waals surface area (Å²) in [4.78, 5) is 11.9. The number of aliphatic hydroxyl groups is 9. The van der Waals surface area contributed by atoms with Crippen LogP contribution in [0, 0.1) is 0 Å². The second-order valence-corrected chi connectivity index (χ2v) is 13.0. The van der Waals surface area contributed by atoms with E-state index in [1.165, 1.54) is 11.6 Å². The Bertz CT molecular complexity index is 2090. The molecule has 2 aromatic rings. The molecule has 0 amide bonds. The Balaban J connectivity index is 1.86. The molecule has 0 saturated heterocycles. The van der Waals surface area contributed by atoms with Gasteiger partial charge in [-0.2, -0.15) is 0 Å². The Morgan fingerprint density at radius 3 is 1.98 bits per heavy atom. The van der Waals surface area contributed by atoms with Gasteiger partial charge in [0.1, 0.15) is 5.41 Å². The number of benzene rings is 2. The van der Waals surface area contributed by atoms with Crippen molar-refractivity contribution in [1.29, 1.82) is 0 Å². The maximum atomic E-state index is 12.0. The van der Waals surface area contributed by atoms with Crippen molar-refractivity contribution >= 4 is 11.4 Å². The first-order valence-electron chi connectivity index (χ1n) is 16.1. The predicted octanol–water partition coefficient (Wildman–Crippen LogP) is 9.18. The molecule has 9 N–H and O–H groups in total. The molecule has 3 aliphatic rings. The Morgan fingerprint density at radius 1 is 0.765 bits per heavy atom. The molecule has 10 nitrogen and oxygen atoms in total. The molecule has 2 aromatic carbocycles. The van der Waals surface area contributed by atoms with Crippen molar-refractivity contribution in [3.05, 3.63) is 171 Å². The first kappa shape index (κ1) is 36.0. The largest absolute Gasteiger partial charge is 0.507 e. The molecule has 5 rings (SSSR count). The van der Waals surface area contributed by atoms with E-state index in [-0.39, 0.29) is 11.1 Å². The van der Waals surface area contributed by atoms with E-state index in [0.717, 1.165) is 42.0 Å². The summed E-state index contributed by atoms with van der Waals surface area (Å²) >= 11 is 0. The van der Waals surface area contributed by atoms with Gasteiger partial charge in [-0.25, -0.2) is 0 Å². The number of carbonyl (C=O) groups excluding carboxylic acids is 1. The van der Waals surface area contributed by atoms with E-state index >= 15 is 0 Å². The van der Waals surface area contributed by atoms with Crippen LogP contribution in [0.5, 0.6) is 0 Å². The van der Waals surface area contributed by atoms with Crippen LogP contribution in [-0.4, -0.2) is 51.7 Å². The smallest absolute Gasteiger partial charge is 0.207 e. The van der Waals surface area contributed by atoms with E-state index in [1.54, 1.807) is 31.2 Å². The molecule has 0 fully saturated rings. The second kappa shape index (κ2) is 13.2. The van der Waals surface area contributed by atoms with E-state index in [4.69, 9.17) is 0 Å². The average Bonchev–Trinajstić information content (AvgIpc) is 3.64. The van der Waals surface area contributed by atoms with Gasteiger partial charge in [-0.15, -0.1) is 0 Å². The first-order chi connectivity index (χ1) is 24.0. The van der Waals surface area contributed by atoms with Gasteiger partial charge in [-0.1, -0.05) is 92.4 Å². The number of hydrogen-bond donors (Lipinski definition) is 9.